The van der Waals surface area contributed by atoms with Crippen molar-refractivity contribution in [3.63, 3.8) is 0 Å². The average Bonchev–Trinajstić information content (AvgIpc) is 2.64. The third-order valence-electron chi connectivity index (χ3n) is 4.19. The number of aryl methyl sites for hydroxylation is 2. The number of rotatable bonds is 3. The number of nitriles is 1. The Labute approximate surface area is 160 Å². The number of amides is 2. The van der Waals surface area contributed by atoms with Crippen LogP contribution in [0.5, 0.6) is 0 Å². The Balaban J connectivity index is 2.45. The molecule has 0 aliphatic rings. The monoisotopic (exact) mass is 363 g/mol. The number of carbonyl (C=O) groups excluding carboxylic acids is 2. The maximum Gasteiger partial charge on any atom is 0.286 e. The predicted octanol–water partition coefficient (Wildman–Crippen LogP) is 4.34. The minimum Gasteiger partial charge on any atom is -0.267 e. The summed E-state index contributed by atoms with van der Waals surface area (Å²) >= 11 is 0. The van der Waals surface area contributed by atoms with Crippen molar-refractivity contribution in [2.45, 2.75) is 46.6 Å². The molecule has 0 aliphatic heterocycles. The van der Waals surface area contributed by atoms with Crippen LogP contribution in [-0.2, 0) is 6.42 Å². The van der Waals surface area contributed by atoms with Crippen LogP contribution in [-0.4, -0.2) is 27.4 Å². The average molecular weight is 363 g/mol. The first-order chi connectivity index (χ1) is 12.7. The lowest BCUT2D eigenvalue weighted by Gasteiger charge is -2.39. The van der Waals surface area contributed by atoms with E-state index in [0.717, 1.165) is 22.6 Å². The van der Waals surface area contributed by atoms with Gasteiger partial charge >= 0.3 is 0 Å². The third kappa shape index (κ3) is 4.53. The Morgan fingerprint density at radius 2 is 1.63 bits per heavy atom. The van der Waals surface area contributed by atoms with Gasteiger partial charge in [0, 0.05) is 11.1 Å². The molecule has 0 unspecified atom stereocenters. The second-order valence-corrected chi connectivity index (χ2v) is 7.42. The van der Waals surface area contributed by atoms with Crippen molar-refractivity contribution in [2.24, 2.45) is 0 Å². The fourth-order valence-electron chi connectivity index (χ4n) is 2.78. The molecule has 0 heterocycles. The highest BCUT2D eigenvalue weighted by atomic mass is 16.2. The molecule has 140 valence electrons. The van der Waals surface area contributed by atoms with Crippen LogP contribution < -0.4 is 0 Å². The number of hydrogen-bond donors (Lipinski definition) is 0. The van der Waals surface area contributed by atoms with Crippen LogP contribution in [0.3, 0.4) is 0 Å². The standard InChI is InChI=1S/C22H25N3O2/c1-6-17-10-12-18(13-11-17)20(26)24(15-23)25(22(3,4)5)21(27)19-9-7-8-16(2)14-19/h7-14H,6H2,1-5H3. The van der Waals surface area contributed by atoms with Gasteiger partial charge in [-0.1, -0.05) is 36.8 Å². The molecule has 2 rings (SSSR count). The Morgan fingerprint density at radius 3 is 2.11 bits per heavy atom. The van der Waals surface area contributed by atoms with E-state index in [1.165, 1.54) is 5.01 Å². The quantitative estimate of drug-likeness (QED) is 0.463. The van der Waals surface area contributed by atoms with E-state index in [4.69, 9.17) is 0 Å². The fraction of sp³-hybridized carbons (Fsp3) is 0.318. The molecular formula is C22H25N3O2. The predicted molar refractivity (Wildman–Crippen MR) is 105 cm³/mol. The minimum atomic E-state index is -0.768. The molecule has 0 aromatic heterocycles. The summed E-state index contributed by atoms with van der Waals surface area (Å²) in [5.41, 5.74) is 2.05. The van der Waals surface area contributed by atoms with Crippen LogP contribution in [0, 0.1) is 18.4 Å². The lowest BCUT2D eigenvalue weighted by atomic mass is 10.0. The molecule has 0 atom stereocenters. The van der Waals surface area contributed by atoms with Gasteiger partial charge in [-0.15, -0.1) is 5.01 Å². The van der Waals surface area contributed by atoms with E-state index in [0.29, 0.717) is 11.1 Å². The second-order valence-electron chi connectivity index (χ2n) is 7.42. The highest BCUT2D eigenvalue weighted by Gasteiger charge is 2.36. The summed E-state index contributed by atoms with van der Waals surface area (Å²) in [5, 5.41) is 11.8. The first-order valence-corrected chi connectivity index (χ1v) is 8.93. The fourth-order valence-corrected chi connectivity index (χ4v) is 2.78. The van der Waals surface area contributed by atoms with Gasteiger partial charge in [0.15, 0.2) is 0 Å². The number of benzene rings is 2. The highest BCUT2D eigenvalue weighted by Crippen LogP contribution is 2.22. The molecule has 2 aromatic carbocycles. The second kappa shape index (κ2) is 8.05. The van der Waals surface area contributed by atoms with Crippen LogP contribution >= 0.6 is 0 Å². The van der Waals surface area contributed by atoms with Crippen LogP contribution in [0.1, 0.15) is 59.5 Å². The van der Waals surface area contributed by atoms with E-state index >= 15 is 0 Å². The molecule has 5 nitrogen and oxygen atoms in total. The van der Waals surface area contributed by atoms with Crippen molar-refractivity contribution in [3.05, 3.63) is 70.8 Å². The van der Waals surface area contributed by atoms with Gasteiger partial charge in [-0.05, 0) is 63.9 Å². The van der Waals surface area contributed by atoms with E-state index in [-0.39, 0.29) is 0 Å². The molecular weight excluding hydrogens is 338 g/mol. The van der Waals surface area contributed by atoms with Gasteiger partial charge in [-0.25, -0.2) is 5.01 Å². The van der Waals surface area contributed by atoms with E-state index in [2.05, 4.69) is 0 Å². The Morgan fingerprint density at radius 1 is 1.00 bits per heavy atom. The van der Waals surface area contributed by atoms with Gasteiger partial charge in [-0.2, -0.15) is 5.26 Å². The molecule has 0 saturated heterocycles. The SMILES string of the molecule is CCc1ccc(C(=O)N(C#N)N(C(=O)c2cccc(C)c2)C(C)(C)C)cc1. The van der Waals surface area contributed by atoms with Crippen molar-refractivity contribution in [1.29, 1.82) is 5.26 Å². The van der Waals surface area contributed by atoms with Gasteiger partial charge in [0.1, 0.15) is 0 Å². The van der Waals surface area contributed by atoms with Gasteiger partial charge in [0.2, 0.25) is 6.19 Å². The first kappa shape index (κ1) is 20.2. The number of carbonyl (C=O) groups is 2. The van der Waals surface area contributed by atoms with Crippen molar-refractivity contribution in [3.8, 4) is 6.19 Å². The van der Waals surface area contributed by atoms with E-state index in [1.54, 1.807) is 51.1 Å². The van der Waals surface area contributed by atoms with Gasteiger partial charge < -0.3 is 0 Å². The largest absolute Gasteiger partial charge is 0.286 e. The maximum absolute atomic E-state index is 13.2. The summed E-state index contributed by atoms with van der Waals surface area (Å²) in [5.74, 6) is -0.928. The number of hydrogen-bond acceptors (Lipinski definition) is 3. The maximum atomic E-state index is 13.2. The van der Waals surface area contributed by atoms with Crippen LogP contribution in [0.25, 0.3) is 0 Å². The highest BCUT2D eigenvalue weighted by molar-refractivity contribution is 6.00. The Hall–Kier alpha value is -3.13. The molecule has 0 saturated carbocycles. The van der Waals surface area contributed by atoms with Crippen molar-refractivity contribution >= 4 is 11.8 Å². The molecule has 5 heteroatoms. The summed E-state index contributed by atoms with van der Waals surface area (Å²) in [6.45, 7) is 9.29. The van der Waals surface area contributed by atoms with E-state index in [1.807, 2.05) is 38.2 Å². The van der Waals surface area contributed by atoms with Crippen molar-refractivity contribution < 1.29 is 9.59 Å². The first-order valence-electron chi connectivity index (χ1n) is 8.93. The zero-order chi connectivity index (χ0) is 20.2. The lowest BCUT2D eigenvalue weighted by Crippen LogP contribution is -2.56. The molecule has 0 spiro atoms. The van der Waals surface area contributed by atoms with E-state index in [9.17, 15) is 14.9 Å². The normalized spacial score (nSPS) is 10.8. The van der Waals surface area contributed by atoms with E-state index < -0.39 is 17.4 Å². The van der Waals surface area contributed by atoms with Crippen LogP contribution in [0.15, 0.2) is 48.5 Å². The summed E-state index contributed by atoms with van der Waals surface area (Å²) < 4.78 is 0. The summed E-state index contributed by atoms with van der Waals surface area (Å²) in [6, 6.07) is 14.2. The summed E-state index contributed by atoms with van der Waals surface area (Å²) in [6.07, 6.45) is 2.75. The van der Waals surface area contributed by atoms with Gasteiger partial charge in [-0.3, -0.25) is 9.59 Å². The molecule has 0 aliphatic carbocycles. The Kier molecular flexibility index (Phi) is 6.02. The summed E-state index contributed by atoms with van der Waals surface area (Å²) in [4.78, 5) is 26.1. The molecule has 2 amide bonds. The third-order valence-corrected chi connectivity index (χ3v) is 4.19. The van der Waals surface area contributed by atoms with Gasteiger partial charge in [0.25, 0.3) is 11.8 Å². The van der Waals surface area contributed by atoms with Gasteiger partial charge in [0.05, 0.1) is 5.54 Å². The van der Waals surface area contributed by atoms with Crippen molar-refractivity contribution in [2.75, 3.05) is 0 Å². The lowest BCUT2D eigenvalue weighted by molar-refractivity contribution is -0.0167. The molecule has 2 aromatic rings. The molecule has 0 N–H and O–H groups in total. The zero-order valence-electron chi connectivity index (χ0n) is 16.5. The zero-order valence-corrected chi connectivity index (χ0v) is 16.5. The van der Waals surface area contributed by atoms with Crippen LogP contribution in [0.2, 0.25) is 0 Å². The smallest absolute Gasteiger partial charge is 0.267 e. The number of hydrazine groups is 1. The van der Waals surface area contributed by atoms with Crippen LogP contribution in [0.4, 0.5) is 0 Å². The summed E-state index contributed by atoms with van der Waals surface area (Å²) in [7, 11) is 0. The molecule has 0 fully saturated rings. The molecule has 0 radical (unpaired) electrons. The Bertz CT molecular complexity index is 874. The number of nitrogens with zero attached hydrogens (tertiary/aromatic N) is 3. The molecule has 27 heavy (non-hydrogen) atoms. The topological polar surface area (TPSA) is 64.4 Å². The molecule has 0 bridgehead atoms. The van der Waals surface area contributed by atoms with Crippen molar-refractivity contribution in [1.82, 2.24) is 10.0 Å². The minimum absolute atomic E-state index is 0.361.